The van der Waals surface area contributed by atoms with Gasteiger partial charge in [0.1, 0.15) is 12.1 Å². The molecule has 0 aromatic carbocycles. The zero-order valence-electron chi connectivity index (χ0n) is 40.0. The molecule has 62 heavy (non-hydrogen) atoms. The monoisotopic (exact) mass is 898 g/mol. The van der Waals surface area contributed by atoms with Crippen molar-refractivity contribution >= 4 is 19.8 Å². The highest BCUT2D eigenvalue weighted by Crippen LogP contribution is 2.43. The first-order chi connectivity index (χ1) is 30.2. The van der Waals surface area contributed by atoms with Crippen LogP contribution in [-0.4, -0.2) is 60.5 Å². The van der Waals surface area contributed by atoms with Gasteiger partial charge < -0.3 is 25.2 Å². The summed E-state index contributed by atoms with van der Waals surface area (Å²) in [5, 5.41) is 8.93. The van der Waals surface area contributed by atoms with Gasteiger partial charge in [0.2, 0.25) is 0 Å². The fraction of sp³-hybridized carbons (Fsp3) is 0.843. The van der Waals surface area contributed by atoms with Gasteiger partial charge in [-0.25, -0.2) is 4.57 Å². The molecule has 0 aromatic rings. The van der Waals surface area contributed by atoms with Crippen molar-refractivity contribution in [3.05, 3.63) is 36.5 Å². The number of carboxylic acids is 1. The Morgan fingerprint density at radius 3 is 1.32 bits per heavy atom. The van der Waals surface area contributed by atoms with Gasteiger partial charge in [-0.3, -0.25) is 18.6 Å². The number of allylic oxidation sites excluding steroid dienone is 6. The van der Waals surface area contributed by atoms with Gasteiger partial charge in [0.05, 0.1) is 19.8 Å². The highest BCUT2D eigenvalue weighted by Gasteiger charge is 2.27. The second-order valence-corrected chi connectivity index (χ2v) is 18.7. The van der Waals surface area contributed by atoms with E-state index in [2.05, 4.69) is 50.3 Å². The highest BCUT2D eigenvalue weighted by molar-refractivity contribution is 7.47. The van der Waals surface area contributed by atoms with Crippen LogP contribution in [0.4, 0.5) is 0 Å². The van der Waals surface area contributed by atoms with Crippen molar-refractivity contribution in [3.63, 3.8) is 0 Å². The van der Waals surface area contributed by atoms with E-state index in [1.54, 1.807) is 0 Å². The maximum atomic E-state index is 12.7. The molecule has 0 amide bonds. The Morgan fingerprint density at radius 1 is 0.516 bits per heavy atom. The molecular formula is C51H96NO9P. The molecule has 0 saturated heterocycles. The van der Waals surface area contributed by atoms with Gasteiger partial charge in [-0.2, -0.15) is 0 Å². The molecule has 0 aromatic heterocycles. The first-order valence-corrected chi connectivity index (χ1v) is 27.0. The van der Waals surface area contributed by atoms with E-state index in [-0.39, 0.29) is 13.0 Å². The fourth-order valence-corrected chi connectivity index (χ4v) is 7.94. The minimum absolute atomic E-state index is 0.0147. The summed E-state index contributed by atoms with van der Waals surface area (Å²) in [6, 6.07) is -1.47. The van der Waals surface area contributed by atoms with Gasteiger partial charge in [0.25, 0.3) is 0 Å². The molecular weight excluding hydrogens is 802 g/mol. The molecule has 3 unspecified atom stereocenters. The summed E-state index contributed by atoms with van der Waals surface area (Å²) >= 11 is 0. The second-order valence-electron chi connectivity index (χ2n) is 17.3. The van der Waals surface area contributed by atoms with Crippen molar-refractivity contribution in [2.75, 3.05) is 26.4 Å². The van der Waals surface area contributed by atoms with E-state index >= 15 is 0 Å². The molecule has 364 valence electrons. The molecule has 0 saturated carbocycles. The lowest BCUT2D eigenvalue weighted by Gasteiger charge is -2.20. The quantitative estimate of drug-likeness (QED) is 0.0233. The number of hydrogen-bond donors (Lipinski definition) is 3. The average Bonchev–Trinajstić information content (AvgIpc) is 3.25. The summed E-state index contributed by atoms with van der Waals surface area (Å²) in [6.07, 6.45) is 54.8. The van der Waals surface area contributed by atoms with Gasteiger partial charge in [0.15, 0.2) is 0 Å². The van der Waals surface area contributed by atoms with Crippen molar-refractivity contribution in [2.24, 2.45) is 5.73 Å². The van der Waals surface area contributed by atoms with E-state index in [4.69, 9.17) is 29.4 Å². The third-order valence-electron chi connectivity index (χ3n) is 11.1. The molecule has 0 rings (SSSR count). The Labute approximate surface area is 380 Å². The number of hydrogen-bond acceptors (Lipinski definition) is 8. The minimum atomic E-state index is -4.62. The molecule has 0 aliphatic rings. The summed E-state index contributed by atoms with van der Waals surface area (Å²) in [5.74, 6) is -1.78. The Morgan fingerprint density at radius 2 is 0.887 bits per heavy atom. The fourth-order valence-electron chi connectivity index (χ4n) is 7.16. The van der Waals surface area contributed by atoms with Crippen LogP contribution in [0.25, 0.3) is 0 Å². The maximum absolute atomic E-state index is 12.7. The van der Waals surface area contributed by atoms with Crippen LogP contribution < -0.4 is 5.73 Å². The summed E-state index contributed by atoms with van der Waals surface area (Å²) in [7, 11) is -4.62. The Bertz CT molecular complexity index is 1130. The number of carbonyl (C=O) groups is 2. The lowest BCUT2D eigenvalue weighted by atomic mass is 10.1. The first kappa shape index (κ1) is 60.2. The number of ether oxygens (including phenoxy) is 2. The number of unbranched alkanes of at least 4 members (excludes halogenated alkanes) is 29. The highest BCUT2D eigenvalue weighted by atomic mass is 31.2. The number of carboxylic acid groups (broad SMARTS) is 1. The Balaban J connectivity index is 4.14. The number of aliphatic carboxylic acids is 1. The van der Waals surface area contributed by atoms with Crippen molar-refractivity contribution < 1.29 is 42.7 Å². The largest absolute Gasteiger partial charge is 0.480 e. The zero-order valence-corrected chi connectivity index (χ0v) is 40.9. The molecule has 0 fully saturated rings. The van der Waals surface area contributed by atoms with Gasteiger partial charge in [-0.05, 0) is 70.6 Å². The van der Waals surface area contributed by atoms with E-state index in [0.29, 0.717) is 13.0 Å². The smallest absolute Gasteiger partial charge is 0.472 e. The molecule has 0 aliphatic heterocycles. The van der Waals surface area contributed by atoms with E-state index in [1.807, 2.05) is 0 Å². The topological polar surface area (TPSA) is 155 Å². The van der Waals surface area contributed by atoms with Crippen molar-refractivity contribution in [1.82, 2.24) is 0 Å². The lowest BCUT2D eigenvalue weighted by Crippen LogP contribution is -2.34. The first-order valence-electron chi connectivity index (χ1n) is 25.5. The SMILES string of the molecule is CCCCCCC/C=C\C/C=C\CCCCCCCCCCCCOCC(COP(=O)(O)OCC(N)C(=O)O)OC(=O)CCCCCCCCC/C=C\CCCCCCCCC. The molecule has 4 N–H and O–H groups in total. The van der Waals surface area contributed by atoms with Gasteiger partial charge in [0, 0.05) is 13.0 Å². The number of phosphoric acid groups is 1. The molecule has 3 atom stereocenters. The second kappa shape index (κ2) is 47.2. The molecule has 0 bridgehead atoms. The summed E-state index contributed by atoms with van der Waals surface area (Å²) < 4.78 is 33.5. The Kier molecular flexibility index (Phi) is 45.8. The predicted octanol–water partition coefficient (Wildman–Crippen LogP) is 14.8. The zero-order chi connectivity index (χ0) is 45.5. The van der Waals surface area contributed by atoms with Crippen LogP contribution in [0.15, 0.2) is 36.5 Å². The van der Waals surface area contributed by atoms with Gasteiger partial charge in [-0.15, -0.1) is 0 Å². The number of esters is 1. The summed E-state index contributed by atoms with van der Waals surface area (Å²) in [5.41, 5.74) is 5.37. The molecule has 0 radical (unpaired) electrons. The van der Waals surface area contributed by atoms with E-state index < -0.39 is 45.1 Å². The molecule has 0 spiro atoms. The lowest BCUT2D eigenvalue weighted by molar-refractivity contribution is -0.154. The van der Waals surface area contributed by atoms with E-state index in [0.717, 1.165) is 51.4 Å². The molecule has 10 nitrogen and oxygen atoms in total. The van der Waals surface area contributed by atoms with Crippen molar-refractivity contribution in [2.45, 2.75) is 251 Å². The number of phosphoric ester groups is 1. The van der Waals surface area contributed by atoms with Crippen LogP contribution in [-0.2, 0) is 32.7 Å². The summed E-state index contributed by atoms with van der Waals surface area (Å²) in [6.45, 7) is 3.89. The van der Waals surface area contributed by atoms with Crippen LogP contribution in [0, 0.1) is 0 Å². The number of rotatable bonds is 49. The third kappa shape index (κ3) is 46.2. The predicted molar refractivity (Wildman–Crippen MR) is 258 cm³/mol. The van der Waals surface area contributed by atoms with Gasteiger partial charge >= 0.3 is 19.8 Å². The average molecular weight is 898 g/mol. The van der Waals surface area contributed by atoms with Crippen LogP contribution in [0.2, 0.25) is 0 Å². The standard InChI is InChI=1S/C51H96NO9P/c1-3-5-7-9-11-13-15-17-19-21-23-24-25-26-28-30-32-34-36-38-40-42-44-58-45-48(46-59-62(56,57)60-47-49(52)51(54)55)61-50(53)43-41-39-37-35-33-31-29-27-22-20-18-16-14-12-10-8-6-4-2/h15,17,20-23,48-49H,3-14,16,18-19,24-47,52H2,1-2H3,(H,54,55)(H,56,57)/b17-15-,22-20-,23-21-. The van der Waals surface area contributed by atoms with Crippen LogP contribution in [0.3, 0.4) is 0 Å². The molecule has 0 heterocycles. The molecule has 0 aliphatic carbocycles. The van der Waals surface area contributed by atoms with Crippen LogP contribution in [0.1, 0.15) is 239 Å². The molecule has 11 heteroatoms. The van der Waals surface area contributed by atoms with Crippen LogP contribution >= 0.6 is 7.82 Å². The summed E-state index contributed by atoms with van der Waals surface area (Å²) in [4.78, 5) is 33.7. The minimum Gasteiger partial charge on any atom is -0.480 e. The maximum Gasteiger partial charge on any atom is 0.472 e. The van der Waals surface area contributed by atoms with E-state index in [1.165, 1.54) is 161 Å². The van der Waals surface area contributed by atoms with E-state index in [9.17, 15) is 19.0 Å². The Hall–Kier alpha value is -1.81. The van der Waals surface area contributed by atoms with Gasteiger partial charge in [-0.1, -0.05) is 198 Å². The van der Waals surface area contributed by atoms with Crippen molar-refractivity contribution in [3.8, 4) is 0 Å². The number of carbonyl (C=O) groups excluding carboxylic acids is 1. The van der Waals surface area contributed by atoms with Crippen molar-refractivity contribution in [1.29, 1.82) is 0 Å². The third-order valence-corrected chi connectivity index (χ3v) is 12.1. The van der Waals surface area contributed by atoms with Crippen LogP contribution in [0.5, 0.6) is 0 Å². The normalized spacial score (nSPS) is 14.0. The number of nitrogens with two attached hydrogens (primary N) is 1.